The first-order chi connectivity index (χ1) is 16.0. The third kappa shape index (κ3) is 5.29. The van der Waals surface area contributed by atoms with Gasteiger partial charge in [0.25, 0.3) is 5.91 Å². The van der Waals surface area contributed by atoms with Crippen molar-refractivity contribution < 1.29 is 14.3 Å². The van der Waals surface area contributed by atoms with Gasteiger partial charge in [0.1, 0.15) is 10.9 Å². The van der Waals surface area contributed by atoms with Crippen LogP contribution in [0, 0.1) is 6.92 Å². The number of methoxy groups -OCH3 is 1. The number of hydrogen-bond acceptors (Lipinski definition) is 5. The molecule has 0 radical (unpaired) electrons. The van der Waals surface area contributed by atoms with E-state index in [4.69, 9.17) is 21.7 Å². The number of benzene rings is 3. The number of hydrogen-bond donors (Lipinski definition) is 0. The number of thiocarbonyl (C=S) groups is 1. The molecule has 0 aliphatic carbocycles. The van der Waals surface area contributed by atoms with Gasteiger partial charge in [0, 0.05) is 0 Å². The summed E-state index contributed by atoms with van der Waals surface area (Å²) in [5.41, 5.74) is 4.20. The van der Waals surface area contributed by atoms with E-state index in [0.717, 1.165) is 16.7 Å². The number of carbonyl (C=O) groups is 1. The average Bonchev–Trinajstić information content (AvgIpc) is 3.11. The van der Waals surface area contributed by atoms with Gasteiger partial charge in [-0.15, -0.1) is 0 Å². The van der Waals surface area contributed by atoms with Crippen LogP contribution in [-0.4, -0.2) is 22.2 Å². The highest BCUT2D eigenvalue weighted by atomic mass is 32.2. The molecule has 4 nitrogen and oxygen atoms in total. The van der Waals surface area contributed by atoms with E-state index in [1.165, 1.54) is 17.3 Å². The molecule has 1 aliphatic heterocycles. The Hall–Kier alpha value is -3.09. The highest BCUT2D eigenvalue weighted by molar-refractivity contribution is 8.26. The quantitative estimate of drug-likeness (QED) is 0.286. The summed E-state index contributed by atoms with van der Waals surface area (Å²) in [6.45, 7) is 4.50. The molecule has 168 valence electrons. The summed E-state index contributed by atoms with van der Waals surface area (Å²) < 4.78 is 12.1. The van der Waals surface area contributed by atoms with Crippen molar-refractivity contribution in [1.82, 2.24) is 4.90 Å². The Morgan fingerprint density at radius 2 is 1.76 bits per heavy atom. The van der Waals surface area contributed by atoms with Crippen LogP contribution < -0.4 is 9.47 Å². The zero-order chi connectivity index (χ0) is 23.4. The van der Waals surface area contributed by atoms with Gasteiger partial charge in [0.2, 0.25) is 0 Å². The number of nitrogens with zero attached hydrogens (tertiary/aromatic N) is 1. The lowest BCUT2D eigenvalue weighted by Gasteiger charge is -2.23. The van der Waals surface area contributed by atoms with E-state index < -0.39 is 0 Å². The first-order valence-corrected chi connectivity index (χ1v) is 11.9. The van der Waals surface area contributed by atoms with Crippen molar-refractivity contribution in [1.29, 1.82) is 0 Å². The van der Waals surface area contributed by atoms with Gasteiger partial charge >= 0.3 is 0 Å². The second-order valence-corrected chi connectivity index (χ2v) is 9.50. The van der Waals surface area contributed by atoms with Gasteiger partial charge < -0.3 is 9.47 Å². The smallest absolute Gasteiger partial charge is 0.266 e. The summed E-state index contributed by atoms with van der Waals surface area (Å²) in [6, 6.07) is 23.7. The topological polar surface area (TPSA) is 38.8 Å². The molecule has 4 rings (SSSR count). The molecular formula is C27H25NO3S2. The molecule has 1 heterocycles. The Morgan fingerprint density at radius 3 is 2.45 bits per heavy atom. The van der Waals surface area contributed by atoms with Gasteiger partial charge in [-0.1, -0.05) is 90.2 Å². The van der Waals surface area contributed by atoms with Crippen molar-refractivity contribution in [2.75, 3.05) is 7.11 Å². The molecule has 0 bridgehead atoms. The van der Waals surface area contributed by atoms with Crippen molar-refractivity contribution in [2.45, 2.75) is 26.5 Å². The highest BCUT2D eigenvalue weighted by Crippen LogP contribution is 2.39. The lowest BCUT2D eigenvalue weighted by molar-refractivity contribution is -0.123. The van der Waals surface area contributed by atoms with Crippen LogP contribution in [0.1, 0.15) is 35.2 Å². The van der Waals surface area contributed by atoms with E-state index in [-0.39, 0.29) is 11.9 Å². The lowest BCUT2D eigenvalue weighted by atomic mass is 10.1. The summed E-state index contributed by atoms with van der Waals surface area (Å²) in [7, 11) is 1.61. The van der Waals surface area contributed by atoms with Gasteiger partial charge in [0.05, 0.1) is 18.1 Å². The third-order valence-corrected chi connectivity index (χ3v) is 6.82. The molecule has 0 N–H and O–H groups in total. The molecule has 0 aromatic heterocycles. The number of aryl methyl sites for hydroxylation is 1. The van der Waals surface area contributed by atoms with Crippen LogP contribution in [0.15, 0.2) is 77.7 Å². The number of thioether (sulfide) groups is 1. The molecule has 0 spiro atoms. The van der Waals surface area contributed by atoms with Crippen LogP contribution in [0.25, 0.3) is 6.08 Å². The van der Waals surface area contributed by atoms with Gasteiger partial charge in [-0.25, -0.2) is 0 Å². The fourth-order valence-electron chi connectivity index (χ4n) is 3.58. The van der Waals surface area contributed by atoms with E-state index in [9.17, 15) is 4.79 Å². The standard InChI is InChI=1S/C27H25NO3S2/c1-18-9-11-20(12-10-18)17-31-23-14-13-21(15-24(23)30-3)16-25-26(29)28(27(32)33-25)19(2)22-7-5-4-6-8-22/h4-16,19H,17H2,1-3H3/b25-16-/t19-/m1/s1. The molecule has 1 aliphatic rings. The van der Waals surface area contributed by atoms with E-state index in [2.05, 4.69) is 31.2 Å². The minimum atomic E-state index is -0.128. The molecule has 1 saturated heterocycles. The second kappa shape index (κ2) is 10.2. The van der Waals surface area contributed by atoms with Crippen molar-refractivity contribution in [2.24, 2.45) is 0 Å². The molecule has 3 aromatic carbocycles. The van der Waals surface area contributed by atoms with Crippen LogP contribution in [0.4, 0.5) is 0 Å². The van der Waals surface area contributed by atoms with Gasteiger partial charge in [-0.3, -0.25) is 9.69 Å². The third-order valence-electron chi connectivity index (χ3n) is 5.49. The summed E-state index contributed by atoms with van der Waals surface area (Å²) >= 11 is 6.85. The highest BCUT2D eigenvalue weighted by Gasteiger charge is 2.35. The number of rotatable bonds is 7. The Labute approximate surface area is 204 Å². The van der Waals surface area contributed by atoms with E-state index >= 15 is 0 Å². The maximum atomic E-state index is 13.1. The molecule has 33 heavy (non-hydrogen) atoms. The molecule has 0 saturated carbocycles. The predicted molar refractivity (Wildman–Crippen MR) is 138 cm³/mol. The fourth-order valence-corrected chi connectivity index (χ4v) is 5.00. The molecule has 6 heteroatoms. The van der Waals surface area contributed by atoms with Gasteiger partial charge in [-0.05, 0) is 48.7 Å². The monoisotopic (exact) mass is 475 g/mol. The van der Waals surface area contributed by atoms with Crippen molar-refractivity contribution in [3.8, 4) is 11.5 Å². The first-order valence-electron chi connectivity index (χ1n) is 10.6. The van der Waals surface area contributed by atoms with Crippen molar-refractivity contribution in [3.05, 3.63) is 100.0 Å². The predicted octanol–water partition coefficient (Wildman–Crippen LogP) is 6.55. The number of ether oxygens (including phenoxy) is 2. The maximum Gasteiger partial charge on any atom is 0.266 e. The van der Waals surface area contributed by atoms with Crippen LogP contribution >= 0.6 is 24.0 Å². The summed E-state index contributed by atoms with van der Waals surface area (Å²) in [5.74, 6) is 1.18. The maximum absolute atomic E-state index is 13.1. The lowest BCUT2D eigenvalue weighted by Crippen LogP contribution is -2.30. The Kier molecular flexibility index (Phi) is 7.16. The fraction of sp³-hybridized carbons (Fsp3) is 0.185. The van der Waals surface area contributed by atoms with Gasteiger partial charge in [-0.2, -0.15) is 0 Å². The minimum Gasteiger partial charge on any atom is -0.493 e. The van der Waals surface area contributed by atoms with Crippen molar-refractivity contribution >= 4 is 40.3 Å². The Morgan fingerprint density at radius 1 is 1.03 bits per heavy atom. The number of carbonyl (C=O) groups excluding carboxylic acids is 1. The van der Waals surface area contributed by atoms with Crippen LogP contribution in [-0.2, 0) is 11.4 Å². The van der Waals surface area contributed by atoms with E-state index in [0.29, 0.717) is 27.3 Å². The van der Waals surface area contributed by atoms with Crippen LogP contribution in [0.5, 0.6) is 11.5 Å². The van der Waals surface area contributed by atoms with Crippen molar-refractivity contribution in [3.63, 3.8) is 0 Å². The summed E-state index contributed by atoms with van der Waals surface area (Å²) in [6.07, 6.45) is 1.85. The molecule has 3 aromatic rings. The average molecular weight is 476 g/mol. The SMILES string of the molecule is COc1cc(/C=C2\SC(=S)N([C@H](C)c3ccccc3)C2=O)ccc1OCc1ccc(C)cc1. The van der Waals surface area contributed by atoms with E-state index in [1.54, 1.807) is 12.0 Å². The Bertz CT molecular complexity index is 1190. The first kappa shape index (κ1) is 23.1. The Balaban J connectivity index is 1.50. The zero-order valence-electron chi connectivity index (χ0n) is 18.8. The summed E-state index contributed by atoms with van der Waals surface area (Å²) in [4.78, 5) is 15.4. The van der Waals surface area contributed by atoms with Crippen LogP contribution in [0.3, 0.4) is 0 Å². The molecule has 0 unspecified atom stereocenters. The second-order valence-electron chi connectivity index (χ2n) is 7.82. The summed E-state index contributed by atoms with van der Waals surface area (Å²) in [5, 5.41) is 0. The molecule has 1 atom stereocenters. The number of amides is 1. The largest absolute Gasteiger partial charge is 0.493 e. The molecule has 1 fully saturated rings. The molecular weight excluding hydrogens is 450 g/mol. The van der Waals surface area contributed by atoms with Gasteiger partial charge in [0.15, 0.2) is 11.5 Å². The van der Waals surface area contributed by atoms with E-state index in [1.807, 2.05) is 61.5 Å². The minimum absolute atomic E-state index is 0.0833. The van der Waals surface area contributed by atoms with Crippen LogP contribution in [0.2, 0.25) is 0 Å². The molecule has 1 amide bonds. The normalized spacial score (nSPS) is 15.7. The zero-order valence-corrected chi connectivity index (χ0v) is 20.4.